The monoisotopic (exact) mass is 541 g/mol. The number of benzene rings is 2. The molecule has 1 fully saturated rings. The van der Waals surface area contributed by atoms with Crippen molar-refractivity contribution in [1.82, 2.24) is 15.2 Å². The number of carbonyl (C=O) groups is 1. The highest BCUT2D eigenvalue weighted by Gasteiger charge is 2.23. The number of halogens is 2. The Morgan fingerprint density at radius 3 is 2.51 bits per heavy atom. The van der Waals surface area contributed by atoms with E-state index in [1.165, 1.54) is 0 Å². The van der Waals surface area contributed by atoms with E-state index in [4.69, 9.17) is 32.9 Å². The number of aliphatic hydroxyl groups excluding tert-OH is 1. The normalized spacial score (nSPS) is 17.6. The molecule has 3 aromatic rings. The second kappa shape index (κ2) is 12.7. The molecule has 1 saturated carbocycles. The number of hydrogen-bond acceptors (Lipinski definition) is 5. The molecule has 37 heavy (non-hydrogen) atoms. The molecule has 1 amide bonds. The van der Waals surface area contributed by atoms with Crippen LogP contribution in [0.5, 0.6) is 5.75 Å². The van der Waals surface area contributed by atoms with Crippen LogP contribution in [0, 0.1) is 0 Å². The third-order valence-electron chi connectivity index (χ3n) is 6.54. The van der Waals surface area contributed by atoms with Gasteiger partial charge < -0.3 is 20.1 Å². The summed E-state index contributed by atoms with van der Waals surface area (Å²) in [6.45, 7) is 1.44. The maximum atomic E-state index is 13.1. The molecule has 1 aliphatic carbocycles. The van der Waals surface area contributed by atoms with Gasteiger partial charge in [-0.25, -0.2) is 4.98 Å². The Hall–Kier alpha value is -2.64. The van der Waals surface area contributed by atoms with Crippen LogP contribution < -0.4 is 10.1 Å². The van der Waals surface area contributed by atoms with E-state index < -0.39 is 0 Å². The van der Waals surface area contributed by atoms with Gasteiger partial charge in [0.15, 0.2) is 0 Å². The minimum Gasteiger partial charge on any atom is -0.492 e. The average molecular weight is 543 g/mol. The number of ether oxygens (including phenoxy) is 1. The highest BCUT2D eigenvalue weighted by molar-refractivity contribution is 6.33. The van der Waals surface area contributed by atoms with Crippen molar-refractivity contribution in [3.05, 3.63) is 70.3 Å². The van der Waals surface area contributed by atoms with Crippen molar-refractivity contribution in [2.24, 2.45) is 0 Å². The molecule has 2 N–H and O–H groups in total. The summed E-state index contributed by atoms with van der Waals surface area (Å²) in [7, 11) is 4.05. The Labute approximate surface area is 228 Å². The standard InChI is InChI=1S/C29H33Cl2N3O3/c1-34(2)16-5-17-37-27-18-19(8-14-25(27)31)28-23(22-6-3-4-7-24(22)30)13-15-26(33-28)29(36)32-20-9-11-21(35)12-10-20/h3-4,6-8,13-15,18,20-21,35H,5,9-12,16-17H2,1-2H3,(H,32,36). The highest BCUT2D eigenvalue weighted by Crippen LogP contribution is 2.38. The van der Waals surface area contributed by atoms with Crippen LogP contribution >= 0.6 is 23.2 Å². The Kier molecular flexibility index (Phi) is 9.43. The summed E-state index contributed by atoms with van der Waals surface area (Å²) in [5.41, 5.74) is 3.35. The van der Waals surface area contributed by atoms with Gasteiger partial charge in [0.1, 0.15) is 11.4 Å². The Morgan fingerprint density at radius 1 is 1.03 bits per heavy atom. The zero-order valence-corrected chi connectivity index (χ0v) is 22.7. The quantitative estimate of drug-likeness (QED) is 0.321. The van der Waals surface area contributed by atoms with Gasteiger partial charge in [-0.05, 0) is 76.5 Å². The topological polar surface area (TPSA) is 74.7 Å². The van der Waals surface area contributed by atoms with E-state index in [1.54, 1.807) is 12.1 Å². The number of nitrogens with zero attached hydrogens (tertiary/aromatic N) is 2. The van der Waals surface area contributed by atoms with Crippen molar-refractivity contribution in [1.29, 1.82) is 0 Å². The minimum absolute atomic E-state index is 0.0297. The second-order valence-corrected chi connectivity index (χ2v) is 10.5. The predicted octanol–water partition coefficient (Wildman–Crippen LogP) is 6.09. The van der Waals surface area contributed by atoms with E-state index in [-0.39, 0.29) is 18.1 Å². The Morgan fingerprint density at radius 2 is 1.78 bits per heavy atom. The van der Waals surface area contributed by atoms with E-state index in [9.17, 15) is 9.90 Å². The van der Waals surface area contributed by atoms with Gasteiger partial charge >= 0.3 is 0 Å². The average Bonchev–Trinajstić information content (AvgIpc) is 2.89. The van der Waals surface area contributed by atoms with E-state index in [0.717, 1.165) is 42.5 Å². The molecule has 4 rings (SSSR count). The first-order valence-electron chi connectivity index (χ1n) is 12.6. The van der Waals surface area contributed by atoms with Crippen molar-refractivity contribution in [3.63, 3.8) is 0 Å². The molecule has 1 aliphatic rings. The summed E-state index contributed by atoms with van der Waals surface area (Å²) in [5.74, 6) is 0.336. The molecule has 8 heteroatoms. The predicted molar refractivity (Wildman–Crippen MR) is 150 cm³/mol. The zero-order valence-electron chi connectivity index (χ0n) is 21.2. The summed E-state index contributed by atoms with van der Waals surface area (Å²) in [6.07, 6.45) is 3.47. The fourth-order valence-electron chi connectivity index (χ4n) is 4.51. The SMILES string of the molecule is CN(C)CCCOc1cc(-c2nc(C(=O)NC3CCC(O)CC3)ccc2-c2ccccc2Cl)ccc1Cl. The molecule has 1 heterocycles. The molecule has 1 aromatic heterocycles. The second-order valence-electron chi connectivity index (χ2n) is 9.70. The van der Waals surface area contributed by atoms with Crippen LogP contribution in [-0.2, 0) is 0 Å². The number of rotatable bonds is 9. The lowest BCUT2D eigenvalue weighted by Crippen LogP contribution is -2.38. The fraction of sp³-hybridized carbons (Fsp3) is 0.379. The van der Waals surface area contributed by atoms with Gasteiger partial charge in [-0.2, -0.15) is 0 Å². The molecule has 2 aromatic carbocycles. The maximum absolute atomic E-state index is 13.1. The van der Waals surface area contributed by atoms with Crippen LogP contribution in [-0.4, -0.2) is 60.3 Å². The van der Waals surface area contributed by atoms with Crippen LogP contribution in [0.15, 0.2) is 54.6 Å². The minimum atomic E-state index is -0.281. The smallest absolute Gasteiger partial charge is 0.270 e. The van der Waals surface area contributed by atoms with Crippen LogP contribution in [0.1, 0.15) is 42.6 Å². The fourth-order valence-corrected chi connectivity index (χ4v) is 4.92. The number of pyridine rings is 1. The molecule has 0 bridgehead atoms. The number of amides is 1. The summed E-state index contributed by atoms with van der Waals surface area (Å²) in [5, 5.41) is 14.0. The molecule has 0 unspecified atom stereocenters. The Bertz CT molecular complexity index is 1230. The van der Waals surface area contributed by atoms with Gasteiger partial charge in [0.05, 0.1) is 23.4 Å². The molecule has 196 valence electrons. The molecule has 0 atom stereocenters. The van der Waals surface area contributed by atoms with Crippen molar-refractivity contribution < 1.29 is 14.6 Å². The molecule has 0 radical (unpaired) electrons. The van der Waals surface area contributed by atoms with Crippen LogP contribution in [0.4, 0.5) is 0 Å². The third kappa shape index (κ3) is 7.23. The molecular weight excluding hydrogens is 509 g/mol. The number of aromatic nitrogens is 1. The summed E-state index contributed by atoms with van der Waals surface area (Å²) >= 11 is 13.0. The van der Waals surface area contributed by atoms with Crippen molar-refractivity contribution in [2.45, 2.75) is 44.2 Å². The number of nitrogens with one attached hydrogen (secondary N) is 1. The van der Waals surface area contributed by atoms with Gasteiger partial charge in [-0.15, -0.1) is 0 Å². The lowest BCUT2D eigenvalue weighted by atomic mass is 9.93. The van der Waals surface area contributed by atoms with Gasteiger partial charge in [0.25, 0.3) is 5.91 Å². The van der Waals surface area contributed by atoms with Gasteiger partial charge in [-0.1, -0.05) is 47.5 Å². The van der Waals surface area contributed by atoms with E-state index in [2.05, 4.69) is 10.2 Å². The third-order valence-corrected chi connectivity index (χ3v) is 7.18. The first-order chi connectivity index (χ1) is 17.8. The lowest BCUT2D eigenvalue weighted by molar-refractivity contribution is 0.0863. The van der Waals surface area contributed by atoms with E-state index in [1.807, 2.05) is 56.6 Å². The maximum Gasteiger partial charge on any atom is 0.270 e. The highest BCUT2D eigenvalue weighted by atomic mass is 35.5. The van der Waals surface area contributed by atoms with Gasteiger partial charge in [0, 0.05) is 34.3 Å². The Balaban J connectivity index is 1.67. The first-order valence-corrected chi connectivity index (χ1v) is 13.4. The van der Waals surface area contributed by atoms with Gasteiger partial charge in [-0.3, -0.25) is 4.79 Å². The van der Waals surface area contributed by atoms with Crippen molar-refractivity contribution in [3.8, 4) is 28.1 Å². The summed E-state index contributed by atoms with van der Waals surface area (Å²) in [4.78, 5) is 20.0. The lowest BCUT2D eigenvalue weighted by Gasteiger charge is -2.26. The van der Waals surface area contributed by atoms with Crippen molar-refractivity contribution >= 4 is 29.1 Å². The molecule has 0 aliphatic heterocycles. The van der Waals surface area contributed by atoms with E-state index in [0.29, 0.717) is 46.6 Å². The molecule has 0 saturated heterocycles. The van der Waals surface area contributed by atoms with Crippen molar-refractivity contribution in [2.75, 3.05) is 27.2 Å². The zero-order chi connectivity index (χ0) is 26.4. The summed E-state index contributed by atoms with van der Waals surface area (Å²) in [6, 6.07) is 16.7. The van der Waals surface area contributed by atoms with Crippen LogP contribution in [0.25, 0.3) is 22.4 Å². The van der Waals surface area contributed by atoms with Crippen LogP contribution in [0.2, 0.25) is 10.0 Å². The number of hydrogen-bond donors (Lipinski definition) is 2. The first kappa shape index (κ1) is 27.4. The molecule has 0 spiro atoms. The number of aliphatic hydroxyl groups is 1. The number of carbonyl (C=O) groups excluding carboxylic acids is 1. The van der Waals surface area contributed by atoms with Gasteiger partial charge in [0.2, 0.25) is 0 Å². The van der Waals surface area contributed by atoms with E-state index >= 15 is 0 Å². The summed E-state index contributed by atoms with van der Waals surface area (Å²) < 4.78 is 5.99. The van der Waals surface area contributed by atoms with Crippen LogP contribution in [0.3, 0.4) is 0 Å². The largest absolute Gasteiger partial charge is 0.492 e. The molecule has 6 nitrogen and oxygen atoms in total. The molecular formula is C29H33Cl2N3O3.